The normalized spacial score (nSPS) is 11.0. The van der Waals surface area contributed by atoms with Crippen molar-refractivity contribution in [1.82, 2.24) is 4.98 Å². The maximum atomic E-state index is 13.0. The summed E-state index contributed by atoms with van der Waals surface area (Å²) in [6, 6.07) is 17.3. The molecule has 0 aliphatic carbocycles. The highest BCUT2D eigenvalue weighted by Crippen LogP contribution is 2.28. The van der Waals surface area contributed by atoms with E-state index in [4.69, 9.17) is 0 Å². The van der Waals surface area contributed by atoms with Crippen LogP contribution in [-0.2, 0) is 16.6 Å². The number of anilines is 1. The van der Waals surface area contributed by atoms with E-state index in [2.05, 4.69) is 11.1 Å². The van der Waals surface area contributed by atoms with Gasteiger partial charge in [0.2, 0.25) is 0 Å². The van der Waals surface area contributed by atoms with Gasteiger partial charge in [0.1, 0.15) is 0 Å². The van der Waals surface area contributed by atoms with Crippen LogP contribution in [-0.4, -0.2) is 13.4 Å². The smallest absolute Gasteiger partial charge is 0.237 e. The van der Waals surface area contributed by atoms with Crippen molar-refractivity contribution in [1.29, 1.82) is 5.26 Å². The van der Waals surface area contributed by atoms with Crippen LogP contribution in [0.1, 0.15) is 11.1 Å². The quantitative estimate of drug-likeness (QED) is 0.703. The van der Waals surface area contributed by atoms with Crippen molar-refractivity contribution in [2.45, 2.75) is 11.4 Å². The molecular weight excluding hydrogens is 342 g/mol. The van der Waals surface area contributed by atoms with E-state index in [1.165, 1.54) is 15.6 Å². The monoisotopic (exact) mass is 355 g/mol. The zero-order valence-electron chi connectivity index (χ0n) is 12.5. The van der Waals surface area contributed by atoms with Crippen LogP contribution in [0.5, 0.6) is 0 Å². The summed E-state index contributed by atoms with van der Waals surface area (Å²) in [5, 5.41) is 11.3. The van der Waals surface area contributed by atoms with Crippen molar-refractivity contribution < 1.29 is 8.42 Å². The third kappa shape index (κ3) is 3.15. The lowest BCUT2D eigenvalue weighted by Crippen LogP contribution is -2.30. The zero-order valence-corrected chi connectivity index (χ0v) is 14.2. The summed E-state index contributed by atoms with van der Waals surface area (Å²) >= 11 is 1.24. The van der Waals surface area contributed by atoms with E-state index in [9.17, 15) is 13.7 Å². The van der Waals surface area contributed by atoms with E-state index < -0.39 is 10.0 Å². The van der Waals surface area contributed by atoms with Crippen LogP contribution in [0.3, 0.4) is 0 Å². The molecule has 3 rings (SSSR count). The molecule has 1 aromatic heterocycles. The highest BCUT2D eigenvalue weighted by Gasteiger charge is 2.27. The topological polar surface area (TPSA) is 74.1 Å². The van der Waals surface area contributed by atoms with Gasteiger partial charge in [-0.2, -0.15) is 5.26 Å². The van der Waals surface area contributed by atoms with Crippen molar-refractivity contribution in [2.75, 3.05) is 4.31 Å². The Labute approximate surface area is 144 Å². The van der Waals surface area contributed by atoms with E-state index in [1.54, 1.807) is 66.2 Å². The highest BCUT2D eigenvalue weighted by atomic mass is 32.2. The van der Waals surface area contributed by atoms with Crippen LogP contribution < -0.4 is 4.31 Å². The summed E-state index contributed by atoms with van der Waals surface area (Å²) < 4.78 is 27.3. The summed E-state index contributed by atoms with van der Waals surface area (Å²) in [5.41, 5.74) is 1.08. The average molecular weight is 355 g/mol. The molecule has 0 N–H and O–H groups in total. The molecule has 5 nitrogen and oxygen atoms in total. The second-order valence-corrected chi connectivity index (χ2v) is 7.64. The highest BCUT2D eigenvalue weighted by molar-refractivity contribution is 7.93. The maximum absolute atomic E-state index is 13.0. The Morgan fingerprint density at radius 1 is 1.08 bits per heavy atom. The molecule has 0 fully saturated rings. The van der Waals surface area contributed by atoms with Crippen molar-refractivity contribution in [3.05, 3.63) is 77.3 Å². The molecule has 0 saturated heterocycles. The summed E-state index contributed by atoms with van der Waals surface area (Å²) in [7, 11) is -3.78. The molecule has 120 valence electrons. The Balaban J connectivity index is 2.08. The third-order valence-electron chi connectivity index (χ3n) is 3.42. The molecule has 7 heteroatoms. The van der Waals surface area contributed by atoms with Crippen molar-refractivity contribution in [3.63, 3.8) is 0 Å². The van der Waals surface area contributed by atoms with Gasteiger partial charge in [0, 0.05) is 11.6 Å². The number of thiazole rings is 1. The molecule has 3 aromatic rings. The number of hydrogen-bond donors (Lipinski definition) is 0. The molecule has 0 atom stereocenters. The molecule has 1 heterocycles. The van der Waals surface area contributed by atoms with Gasteiger partial charge in [0.25, 0.3) is 10.0 Å². The van der Waals surface area contributed by atoms with E-state index in [1.807, 2.05) is 0 Å². The summed E-state index contributed by atoms with van der Waals surface area (Å²) in [5.74, 6) is 0. The molecule has 24 heavy (non-hydrogen) atoms. The predicted octanol–water partition coefficient (Wildman–Crippen LogP) is 3.41. The minimum Gasteiger partial charge on any atom is -0.237 e. The van der Waals surface area contributed by atoms with Gasteiger partial charge in [-0.05, 0) is 23.8 Å². The number of hydrogen-bond acceptors (Lipinski definition) is 5. The molecule has 0 spiro atoms. The lowest BCUT2D eigenvalue weighted by Gasteiger charge is -2.22. The lowest BCUT2D eigenvalue weighted by molar-refractivity contribution is 0.590. The van der Waals surface area contributed by atoms with Gasteiger partial charge in [-0.25, -0.2) is 17.7 Å². The van der Waals surface area contributed by atoms with E-state index in [0.717, 1.165) is 0 Å². The average Bonchev–Trinajstić information content (AvgIpc) is 3.14. The van der Waals surface area contributed by atoms with Crippen molar-refractivity contribution >= 4 is 26.5 Å². The van der Waals surface area contributed by atoms with Crippen LogP contribution >= 0.6 is 11.3 Å². The fourth-order valence-electron chi connectivity index (χ4n) is 2.24. The summed E-state index contributed by atoms with van der Waals surface area (Å²) in [4.78, 5) is 4.33. The largest absolute Gasteiger partial charge is 0.266 e. The molecule has 0 aliphatic rings. The Kier molecular flexibility index (Phi) is 4.60. The SMILES string of the molecule is N#Cc1ccccc1CN(c1nccs1)S(=O)(=O)c1ccccc1. The number of aromatic nitrogens is 1. The van der Waals surface area contributed by atoms with E-state index >= 15 is 0 Å². The molecule has 2 aromatic carbocycles. The fraction of sp³-hybridized carbons (Fsp3) is 0.0588. The Morgan fingerprint density at radius 2 is 1.79 bits per heavy atom. The van der Waals surface area contributed by atoms with Crippen molar-refractivity contribution in [3.8, 4) is 6.07 Å². The van der Waals surface area contributed by atoms with Crippen LogP contribution in [0.2, 0.25) is 0 Å². The maximum Gasteiger partial charge on any atom is 0.266 e. The first-order valence-corrected chi connectivity index (χ1v) is 9.40. The number of nitrogens with zero attached hydrogens (tertiary/aromatic N) is 3. The first kappa shape index (κ1) is 16.2. The Hall–Kier alpha value is -2.69. The number of benzene rings is 2. The zero-order chi connectivity index (χ0) is 17.0. The molecule has 0 aliphatic heterocycles. The lowest BCUT2D eigenvalue weighted by atomic mass is 10.1. The Morgan fingerprint density at radius 3 is 2.46 bits per heavy atom. The predicted molar refractivity (Wildman–Crippen MR) is 93.1 cm³/mol. The van der Waals surface area contributed by atoms with Crippen LogP contribution in [0.25, 0.3) is 0 Å². The van der Waals surface area contributed by atoms with Gasteiger partial charge >= 0.3 is 0 Å². The van der Waals surface area contributed by atoms with Crippen LogP contribution in [0.15, 0.2) is 71.1 Å². The van der Waals surface area contributed by atoms with Gasteiger partial charge in [0.15, 0.2) is 5.13 Å². The van der Waals surface area contributed by atoms with Gasteiger partial charge in [-0.1, -0.05) is 36.4 Å². The van der Waals surface area contributed by atoms with Gasteiger partial charge in [-0.3, -0.25) is 0 Å². The summed E-state index contributed by atoms with van der Waals surface area (Å²) in [6.45, 7) is 0.0501. The minimum atomic E-state index is -3.78. The third-order valence-corrected chi connectivity index (χ3v) is 6.08. The van der Waals surface area contributed by atoms with Crippen LogP contribution in [0.4, 0.5) is 5.13 Å². The van der Waals surface area contributed by atoms with Crippen LogP contribution in [0, 0.1) is 11.3 Å². The number of rotatable bonds is 5. The number of sulfonamides is 1. The van der Waals surface area contributed by atoms with Gasteiger partial charge in [0.05, 0.1) is 23.1 Å². The molecular formula is C17H13N3O2S2. The number of nitriles is 1. The minimum absolute atomic E-state index is 0.0501. The standard InChI is InChI=1S/C17H13N3O2S2/c18-12-14-6-4-5-7-15(14)13-20(17-19-10-11-23-17)24(21,22)16-8-2-1-3-9-16/h1-11H,13H2. The molecule has 0 unspecified atom stereocenters. The first-order chi connectivity index (χ1) is 11.6. The molecule has 0 bridgehead atoms. The molecule has 0 saturated carbocycles. The van der Waals surface area contributed by atoms with E-state index in [-0.39, 0.29) is 11.4 Å². The Bertz CT molecular complexity index is 963. The second-order valence-electron chi connectivity index (χ2n) is 4.91. The first-order valence-electron chi connectivity index (χ1n) is 7.08. The fourth-order valence-corrected chi connectivity index (χ4v) is 4.52. The molecule has 0 amide bonds. The van der Waals surface area contributed by atoms with E-state index in [0.29, 0.717) is 16.3 Å². The van der Waals surface area contributed by atoms with Gasteiger partial charge in [-0.15, -0.1) is 11.3 Å². The second kappa shape index (κ2) is 6.83. The summed E-state index contributed by atoms with van der Waals surface area (Å²) in [6.07, 6.45) is 1.56. The molecule has 0 radical (unpaired) electrons. The van der Waals surface area contributed by atoms with Gasteiger partial charge < -0.3 is 0 Å². The van der Waals surface area contributed by atoms with Crippen molar-refractivity contribution in [2.24, 2.45) is 0 Å².